The monoisotopic (exact) mass is 338 g/mol. The maximum Gasteiger partial charge on any atom is 0.311 e. The second-order valence-electron chi connectivity index (χ2n) is 3.87. The van der Waals surface area contributed by atoms with Gasteiger partial charge in [-0.05, 0) is 18.2 Å². The molecule has 0 aliphatic rings. The van der Waals surface area contributed by atoms with Crippen LogP contribution in [0, 0.1) is 10.1 Å². The SMILES string of the molecule is COc1cc(Br)cc(Nc2nc(N)ccc2[N+](=O)[O-])c1. The molecule has 2 aromatic rings. The second kappa shape index (κ2) is 5.74. The molecule has 0 spiro atoms. The molecule has 0 amide bonds. The molecule has 0 aliphatic heterocycles. The van der Waals surface area contributed by atoms with Crippen molar-refractivity contribution in [3.63, 3.8) is 0 Å². The van der Waals surface area contributed by atoms with E-state index < -0.39 is 4.92 Å². The number of halogens is 1. The predicted octanol–water partition coefficient (Wildman–Crippen LogP) is 3.09. The van der Waals surface area contributed by atoms with Gasteiger partial charge < -0.3 is 15.8 Å². The van der Waals surface area contributed by atoms with Crippen LogP contribution in [-0.2, 0) is 0 Å². The molecule has 0 fully saturated rings. The summed E-state index contributed by atoms with van der Waals surface area (Å²) in [4.78, 5) is 14.4. The molecule has 104 valence electrons. The molecule has 0 aliphatic carbocycles. The zero-order chi connectivity index (χ0) is 14.7. The van der Waals surface area contributed by atoms with E-state index in [0.29, 0.717) is 11.4 Å². The first-order chi connectivity index (χ1) is 9.49. The Hall–Kier alpha value is -2.35. The molecule has 8 heteroatoms. The van der Waals surface area contributed by atoms with Crippen LogP contribution >= 0.6 is 15.9 Å². The highest BCUT2D eigenvalue weighted by atomic mass is 79.9. The van der Waals surface area contributed by atoms with E-state index in [1.165, 1.54) is 19.2 Å². The summed E-state index contributed by atoms with van der Waals surface area (Å²) in [5.41, 5.74) is 6.00. The number of nitrogens with one attached hydrogen (secondary N) is 1. The summed E-state index contributed by atoms with van der Waals surface area (Å²) in [6.45, 7) is 0. The Bertz CT molecular complexity index is 663. The Morgan fingerprint density at radius 3 is 2.80 bits per heavy atom. The van der Waals surface area contributed by atoms with Gasteiger partial charge in [-0.25, -0.2) is 4.98 Å². The number of nitro groups is 1. The number of rotatable bonds is 4. The summed E-state index contributed by atoms with van der Waals surface area (Å²) in [6.07, 6.45) is 0. The minimum atomic E-state index is -0.524. The van der Waals surface area contributed by atoms with E-state index in [9.17, 15) is 10.1 Å². The number of benzene rings is 1. The van der Waals surface area contributed by atoms with Crippen LogP contribution in [0.15, 0.2) is 34.8 Å². The molecular formula is C12H11BrN4O3. The molecule has 0 bridgehead atoms. The number of methoxy groups -OCH3 is 1. The van der Waals surface area contributed by atoms with Gasteiger partial charge in [-0.1, -0.05) is 15.9 Å². The fraction of sp³-hybridized carbons (Fsp3) is 0.0833. The average Bonchev–Trinajstić information content (AvgIpc) is 2.37. The molecule has 0 radical (unpaired) electrons. The van der Waals surface area contributed by atoms with Crippen LogP contribution in [0.2, 0.25) is 0 Å². The van der Waals surface area contributed by atoms with Gasteiger partial charge in [0.05, 0.1) is 12.0 Å². The number of hydrogen-bond acceptors (Lipinski definition) is 6. The van der Waals surface area contributed by atoms with E-state index in [1.807, 2.05) is 0 Å². The molecule has 0 atom stereocenters. The highest BCUT2D eigenvalue weighted by Gasteiger charge is 2.16. The smallest absolute Gasteiger partial charge is 0.311 e. The normalized spacial score (nSPS) is 10.1. The summed E-state index contributed by atoms with van der Waals surface area (Å²) >= 11 is 3.33. The lowest BCUT2D eigenvalue weighted by Crippen LogP contribution is -2.02. The highest BCUT2D eigenvalue weighted by molar-refractivity contribution is 9.10. The van der Waals surface area contributed by atoms with E-state index in [4.69, 9.17) is 10.5 Å². The largest absolute Gasteiger partial charge is 0.497 e. The zero-order valence-electron chi connectivity index (χ0n) is 10.5. The first-order valence-electron chi connectivity index (χ1n) is 5.52. The van der Waals surface area contributed by atoms with Crippen LogP contribution < -0.4 is 15.8 Å². The lowest BCUT2D eigenvalue weighted by atomic mass is 10.3. The van der Waals surface area contributed by atoms with Crippen molar-refractivity contribution >= 4 is 38.9 Å². The van der Waals surface area contributed by atoms with Crippen molar-refractivity contribution in [2.75, 3.05) is 18.2 Å². The molecule has 2 rings (SSSR count). The first-order valence-corrected chi connectivity index (χ1v) is 6.31. The molecule has 1 aromatic carbocycles. The van der Waals surface area contributed by atoms with Crippen molar-refractivity contribution in [3.05, 3.63) is 44.9 Å². The van der Waals surface area contributed by atoms with Crippen LogP contribution in [0.25, 0.3) is 0 Å². The number of nitrogens with zero attached hydrogens (tertiary/aromatic N) is 2. The molecule has 7 nitrogen and oxygen atoms in total. The van der Waals surface area contributed by atoms with Crippen molar-refractivity contribution < 1.29 is 9.66 Å². The van der Waals surface area contributed by atoms with E-state index in [1.54, 1.807) is 18.2 Å². The van der Waals surface area contributed by atoms with Gasteiger partial charge in [0.25, 0.3) is 0 Å². The lowest BCUT2D eigenvalue weighted by Gasteiger charge is -2.09. The van der Waals surface area contributed by atoms with Crippen LogP contribution in [-0.4, -0.2) is 17.0 Å². The molecule has 1 aromatic heterocycles. The molecule has 0 saturated carbocycles. The third-order valence-corrected chi connectivity index (χ3v) is 2.92. The maximum absolute atomic E-state index is 11.0. The second-order valence-corrected chi connectivity index (χ2v) is 4.78. The maximum atomic E-state index is 11.0. The van der Waals surface area contributed by atoms with Crippen LogP contribution in [0.1, 0.15) is 0 Å². The third kappa shape index (κ3) is 3.15. The summed E-state index contributed by atoms with van der Waals surface area (Å²) in [7, 11) is 1.53. The van der Waals surface area contributed by atoms with E-state index >= 15 is 0 Å². The number of anilines is 3. The average molecular weight is 339 g/mol. The number of aromatic nitrogens is 1. The van der Waals surface area contributed by atoms with E-state index in [0.717, 1.165) is 4.47 Å². The Balaban J connectivity index is 2.41. The van der Waals surface area contributed by atoms with Gasteiger partial charge in [0.2, 0.25) is 5.82 Å². The quantitative estimate of drug-likeness (QED) is 0.655. The minimum absolute atomic E-state index is 0.0788. The Kier molecular flexibility index (Phi) is 4.04. The summed E-state index contributed by atoms with van der Waals surface area (Å²) in [6, 6.07) is 7.90. The van der Waals surface area contributed by atoms with Crippen molar-refractivity contribution in [2.24, 2.45) is 0 Å². The Morgan fingerprint density at radius 1 is 1.40 bits per heavy atom. The molecular weight excluding hydrogens is 328 g/mol. The molecule has 1 heterocycles. The first kappa shape index (κ1) is 14.1. The Morgan fingerprint density at radius 2 is 2.15 bits per heavy atom. The van der Waals surface area contributed by atoms with Gasteiger partial charge in [-0.3, -0.25) is 10.1 Å². The van der Waals surface area contributed by atoms with E-state index in [-0.39, 0.29) is 17.3 Å². The zero-order valence-corrected chi connectivity index (χ0v) is 12.0. The molecule has 20 heavy (non-hydrogen) atoms. The van der Waals surface area contributed by atoms with Gasteiger partial charge in [0.1, 0.15) is 11.6 Å². The van der Waals surface area contributed by atoms with Gasteiger partial charge in [0.15, 0.2) is 0 Å². The lowest BCUT2D eigenvalue weighted by molar-refractivity contribution is -0.384. The summed E-state index contributed by atoms with van der Waals surface area (Å²) in [5.74, 6) is 0.878. The van der Waals surface area contributed by atoms with Crippen molar-refractivity contribution in [2.45, 2.75) is 0 Å². The Labute approximate surface area is 123 Å². The molecule has 0 saturated heterocycles. The summed E-state index contributed by atoms with van der Waals surface area (Å²) in [5, 5.41) is 13.8. The fourth-order valence-corrected chi connectivity index (χ4v) is 2.07. The number of pyridine rings is 1. The van der Waals surface area contributed by atoms with E-state index in [2.05, 4.69) is 26.2 Å². The van der Waals surface area contributed by atoms with Gasteiger partial charge >= 0.3 is 5.69 Å². The standard InChI is InChI=1S/C12H11BrN4O3/c1-20-9-5-7(13)4-8(6-9)15-12-10(17(18)19)2-3-11(14)16-12/h2-6H,1H3,(H3,14,15,16). The summed E-state index contributed by atoms with van der Waals surface area (Å²) < 4.78 is 5.90. The number of ether oxygens (including phenoxy) is 1. The minimum Gasteiger partial charge on any atom is -0.497 e. The highest BCUT2D eigenvalue weighted by Crippen LogP contribution is 2.30. The fourth-order valence-electron chi connectivity index (χ4n) is 1.60. The number of nitrogen functional groups attached to an aromatic ring is 1. The predicted molar refractivity (Wildman–Crippen MR) is 79.3 cm³/mol. The third-order valence-electron chi connectivity index (χ3n) is 2.46. The molecule has 0 unspecified atom stereocenters. The number of hydrogen-bond donors (Lipinski definition) is 2. The van der Waals surface area contributed by atoms with Crippen LogP contribution in [0.4, 0.5) is 23.0 Å². The van der Waals surface area contributed by atoms with Crippen LogP contribution in [0.3, 0.4) is 0 Å². The number of nitrogens with two attached hydrogens (primary N) is 1. The van der Waals surface area contributed by atoms with Crippen molar-refractivity contribution in [1.82, 2.24) is 4.98 Å². The van der Waals surface area contributed by atoms with Gasteiger partial charge in [0, 0.05) is 22.3 Å². The topological polar surface area (TPSA) is 103 Å². The van der Waals surface area contributed by atoms with Crippen LogP contribution in [0.5, 0.6) is 5.75 Å². The van der Waals surface area contributed by atoms with Crippen molar-refractivity contribution in [1.29, 1.82) is 0 Å². The van der Waals surface area contributed by atoms with Crippen molar-refractivity contribution in [3.8, 4) is 5.75 Å². The van der Waals surface area contributed by atoms with Gasteiger partial charge in [-0.2, -0.15) is 0 Å². The van der Waals surface area contributed by atoms with Gasteiger partial charge in [-0.15, -0.1) is 0 Å². The molecule has 3 N–H and O–H groups in total.